The van der Waals surface area contributed by atoms with Crippen molar-refractivity contribution >= 4 is 0 Å². The Morgan fingerprint density at radius 1 is 1.33 bits per heavy atom. The summed E-state index contributed by atoms with van der Waals surface area (Å²) in [7, 11) is 0. The quantitative estimate of drug-likeness (QED) is 0.865. The Labute approximate surface area is 109 Å². The predicted octanol–water partition coefficient (Wildman–Crippen LogP) is 3.43. The molecule has 0 amide bonds. The largest absolute Gasteiger partial charge is 0.373 e. The van der Waals surface area contributed by atoms with Crippen molar-refractivity contribution in [1.82, 2.24) is 5.32 Å². The molecule has 0 radical (unpaired) electrons. The van der Waals surface area contributed by atoms with Gasteiger partial charge in [0.2, 0.25) is 0 Å². The zero-order valence-corrected chi connectivity index (χ0v) is 11.2. The zero-order chi connectivity index (χ0) is 13.0. The van der Waals surface area contributed by atoms with E-state index in [1.165, 1.54) is 12.1 Å². The number of hydrogen-bond donors (Lipinski definition) is 1. The third-order valence-electron chi connectivity index (χ3n) is 3.48. The SMILES string of the molecule is CCCNC(c1ccc(F)cc1)C1CCC(C)O1. The average molecular weight is 251 g/mol. The van der Waals surface area contributed by atoms with Crippen LogP contribution in [-0.2, 0) is 4.74 Å². The lowest BCUT2D eigenvalue weighted by molar-refractivity contribution is 0.0316. The molecule has 0 aromatic heterocycles. The van der Waals surface area contributed by atoms with E-state index in [2.05, 4.69) is 19.2 Å². The highest BCUT2D eigenvalue weighted by molar-refractivity contribution is 5.21. The molecule has 18 heavy (non-hydrogen) atoms. The first-order chi connectivity index (χ1) is 8.70. The van der Waals surface area contributed by atoms with E-state index in [4.69, 9.17) is 4.74 Å². The van der Waals surface area contributed by atoms with Crippen molar-refractivity contribution in [3.8, 4) is 0 Å². The summed E-state index contributed by atoms with van der Waals surface area (Å²) in [5, 5.41) is 3.52. The number of nitrogens with one attached hydrogen (secondary N) is 1. The van der Waals surface area contributed by atoms with E-state index in [1.54, 1.807) is 0 Å². The number of benzene rings is 1. The Morgan fingerprint density at radius 3 is 2.61 bits per heavy atom. The molecule has 3 heteroatoms. The average Bonchev–Trinajstić information content (AvgIpc) is 2.78. The van der Waals surface area contributed by atoms with E-state index in [-0.39, 0.29) is 18.0 Å². The first-order valence-corrected chi connectivity index (χ1v) is 6.85. The minimum Gasteiger partial charge on any atom is -0.373 e. The topological polar surface area (TPSA) is 21.3 Å². The van der Waals surface area contributed by atoms with E-state index in [0.29, 0.717) is 6.10 Å². The summed E-state index contributed by atoms with van der Waals surface area (Å²) in [6.45, 7) is 5.21. The number of rotatable bonds is 5. The maximum absolute atomic E-state index is 13.0. The summed E-state index contributed by atoms with van der Waals surface area (Å²) in [6.07, 6.45) is 3.80. The molecule has 0 bridgehead atoms. The lowest BCUT2D eigenvalue weighted by Crippen LogP contribution is -2.32. The lowest BCUT2D eigenvalue weighted by atomic mass is 9.99. The van der Waals surface area contributed by atoms with E-state index in [0.717, 1.165) is 31.4 Å². The van der Waals surface area contributed by atoms with Crippen molar-refractivity contribution in [3.05, 3.63) is 35.6 Å². The van der Waals surface area contributed by atoms with Gasteiger partial charge >= 0.3 is 0 Å². The maximum Gasteiger partial charge on any atom is 0.123 e. The molecule has 1 saturated heterocycles. The third-order valence-corrected chi connectivity index (χ3v) is 3.48. The summed E-state index contributed by atoms with van der Waals surface area (Å²) in [6, 6.07) is 6.93. The molecule has 100 valence electrons. The van der Waals surface area contributed by atoms with E-state index in [1.807, 2.05) is 12.1 Å². The highest BCUT2D eigenvalue weighted by Gasteiger charge is 2.30. The van der Waals surface area contributed by atoms with Crippen molar-refractivity contribution in [3.63, 3.8) is 0 Å². The highest BCUT2D eigenvalue weighted by Crippen LogP contribution is 2.30. The van der Waals surface area contributed by atoms with Crippen LogP contribution in [0.1, 0.15) is 44.7 Å². The molecule has 1 fully saturated rings. The molecule has 1 aromatic carbocycles. The van der Waals surface area contributed by atoms with Gasteiger partial charge in [0, 0.05) is 0 Å². The van der Waals surface area contributed by atoms with Crippen LogP contribution in [0, 0.1) is 5.82 Å². The van der Waals surface area contributed by atoms with Gasteiger partial charge < -0.3 is 10.1 Å². The fraction of sp³-hybridized carbons (Fsp3) is 0.600. The van der Waals surface area contributed by atoms with Crippen LogP contribution < -0.4 is 5.32 Å². The molecule has 3 unspecified atom stereocenters. The monoisotopic (exact) mass is 251 g/mol. The van der Waals surface area contributed by atoms with Gasteiger partial charge in [-0.05, 0) is 50.4 Å². The summed E-state index contributed by atoms with van der Waals surface area (Å²) in [5.74, 6) is -0.186. The number of ether oxygens (including phenoxy) is 1. The molecule has 1 aliphatic heterocycles. The Bertz CT molecular complexity index is 365. The summed E-state index contributed by atoms with van der Waals surface area (Å²) >= 11 is 0. The van der Waals surface area contributed by atoms with Crippen LogP contribution in [0.3, 0.4) is 0 Å². The summed E-state index contributed by atoms with van der Waals surface area (Å²) < 4.78 is 18.9. The van der Waals surface area contributed by atoms with Crippen molar-refractivity contribution in [2.24, 2.45) is 0 Å². The van der Waals surface area contributed by atoms with E-state index >= 15 is 0 Å². The van der Waals surface area contributed by atoms with Crippen molar-refractivity contribution < 1.29 is 9.13 Å². The van der Waals surface area contributed by atoms with Gasteiger partial charge in [-0.15, -0.1) is 0 Å². The molecular formula is C15H22FNO. The molecule has 1 heterocycles. The molecule has 3 atom stereocenters. The van der Waals surface area contributed by atoms with Crippen LogP contribution in [0.25, 0.3) is 0 Å². The molecule has 0 spiro atoms. The van der Waals surface area contributed by atoms with Gasteiger partial charge in [0.1, 0.15) is 5.82 Å². The van der Waals surface area contributed by atoms with Crippen LogP contribution in [0.5, 0.6) is 0 Å². The van der Waals surface area contributed by atoms with Crippen molar-refractivity contribution in [1.29, 1.82) is 0 Å². The Kier molecular flexibility index (Phi) is 4.72. The van der Waals surface area contributed by atoms with E-state index < -0.39 is 0 Å². The third kappa shape index (κ3) is 3.30. The minimum atomic E-state index is -0.186. The predicted molar refractivity (Wildman–Crippen MR) is 71.0 cm³/mol. The van der Waals surface area contributed by atoms with Crippen LogP contribution in [-0.4, -0.2) is 18.8 Å². The van der Waals surface area contributed by atoms with Crippen LogP contribution >= 0.6 is 0 Å². The molecular weight excluding hydrogens is 229 g/mol. The van der Waals surface area contributed by atoms with Gasteiger partial charge in [-0.2, -0.15) is 0 Å². The van der Waals surface area contributed by atoms with Gasteiger partial charge in [-0.1, -0.05) is 19.1 Å². The Morgan fingerprint density at radius 2 is 2.06 bits per heavy atom. The molecule has 2 rings (SSSR count). The molecule has 2 nitrogen and oxygen atoms in total. The second-order valence-corrected chi connectivity index (χ2v) is 5.05. The molecule has 1 aromatic rings. The molecule has 0 aliphatic carbocycles. The number of halogens is 1. The first-order valence-electron chi connectivity index (χ1n) is 6.85. The molecule has 1 aliphatic rings. The number of hydrogen-bond acceptors (Lipinski definition) is 2. The minimum absolute atomic E-state index is 0.176. The lowest BCUT2D eigenvalue weighted by Gasteiger charge is -2.25. The standard InChI is InChI=1S/C15H22FNO/c1-3-10-17-15(14-9-4-11(2)18-14)12-5-7-13(16)8-6-12/h5-8,11,14-15,17H,3-4,9-10H2,1-2H3. The van der Waals surface area contributed by atoms with Gasteiger partial charge in [-0.25, -0.2) is 4.39 Å². The van der Waals surface area contributed by atoms with Crippen LogP contribution in [0.4, 0.5) is 4.39 Å². The van der Waals surface area contributed by atoms with Gasteiger partial charge in [-0.3, -0.25) is 0 Å². The van der Waals surface area contributed by atoms with Gasteiger partial charge in [0.25, 0.3) is 0 Å². The Balaban J connectivity index is 2.11. The van der Waals surface area contributed by atoms with E-state index in [9.17, 15) is 4.39 Å². The fourth-order valence-corrected chi connectivity index (χ4v) is 2.51. The molecule has 1 N–H and O–H groups in total. The van der Waals surface area contributed by atoms with Crippen molar-refractivity contribution in [2.75, 3.05) is 6.54 Å². The van der Waals surface area contributed by atoms with Crippen molar-refractivity contribution in [2.45, 2.75) is 51.4 Å². The highest BCUT2D eigenvalue weighted by atomic mass is 19.1. The fourth-order valence-electron chi connectivity index (χ4n) is 2.51. The Hall–Kier alpha value is -0.930. The van der Waals surface area contributed by atoms with Gasteiger partial charge in [0.15, 0.2) is 0 Å². The smallest absolute Gasteiger partial charge is 0.123 e. The zero-order valence-electron chi connectivity index (χ0n) is 11.2. The second kappa shape index (κ2) is 6.30. The summed E-state index contributed by atoms with van der Waals surface area (Å²) in [5.41, 5.74) is 1.11. The molecule has 0 saturated carbocycles. The van der Waals surface area contributed by atoms with Gasteiger partial charge in [0.05, 0.1) is 18.2 Å². The summed E-state index contributed by atoms with van der Waals surface area (Å²) in [4.78, 5) is 0. The first kappa shape index (κ1) is 13.5. The normalized spacial score (nSPS) is 25.3. The second-order valence-electron chi connectivity index (χ2n) is 5.05. The maximum atomic E-state index is 13.0. The van der Waals surface area contributed by atoms with Crippen LogP contribution in [0.2, 0.25) is 0 Å². The van der Waals surface area contributed by atoms with Crippen LogP contribution in [0.15, 0.2) is 24.3 Å².